The van der Waals surface area contributed by atoms with E-state index >= 15 is 0 Å². The van der Waals surface area contributed by atoms with Crippen LogP contribution in [0.1, 0.15) is 26.3 Å². The SMILES string of the molecule is CC(C)[C@H](NSS)C(=O)N[C@@H](C)C(=O)Nc1ccc(COC(=O)I)cc1. The number of halogens is 1. The largest absolute Gasteiger partial charge is 0.453 e. The number of hydrogen-bond donors (Lipinski definition) is 4. The minimum atomic E-state index is -0.699. The van der Waals surface area contributed by atoms with E-state index in [1.165, 1.54) is 0 Å². The summed E-state index contributed by atoms with van der Waals surface area (Å²) in [5.74, 6) is -0.542. The van der Waals surface area contributed by atoms with Crippen molar-refractivity contribution in [3.8, 4) is 0 Å². The molecule has 0 radical (unpaired) electrons. The molecule has 0 aliphatic rings. The number of hydrogen-bond acceptors (Lipinski definition) is 7. The number of rotatable bonds is 9. The van der Waals surface area contributed by atoms with Gasteiger partial charge < -0.3 is 15.4 Å². The van der Waals surface area contributed by atoms with Gasteiger partial charge >= 0.3 is 3.98 Å². The summed E-state index contributed by atoms with van der Waals surface area (Å²) in [6.07, 6.45) is 0. The van der Waals surface area contributed by atoms with E-state index in [0.717, 1.165) is 16.5 Å². The number of amides is 2. The average molecular weight is 511 g/mol. The molecule has 10 heteroatoms. The van der Waals surface area contributed by atoms with Crippen LogP contribution in [0.5, 0.6) is 0 Å². The summed E-state index contributed by atoms with van der Waals surface area (Å²) in [6.45, 7) is 5.60. The zero-order valence-electron chi connectivity index (χ0n) is 14.6. The first-order valence-electron chi connectivity index (χ1n) is 7.83. The van der Waals surface area contributed by atoms with Gasteiger partial charge in [-0.3, -0.25) is 9.59 Å². The lowest BCUT2D eigenvalue weighted by Gasteiger charge is -2.22. The van der Waals surface area contributed by atoms with Crippen LogP contribution >= 0.6 is 45.2 Å². The van der Waals surface area contributed by atoms with Crippen molar-refractivity contribution in [3.63, 3.8) is 0 Å². The highest BCUT2D eigenvalue weighted by Crippen LogP contribution is 2.12. The maximum absolute atomic E-state index is 12.3. The highest BCUT2D eigenvalue weighted by atomic mass is 127. The molecule has 0 aliphatic heterocycles. The average Bonchev–Trinajstić information content (AvgIpc) is 2.58. The van der Waals surface area contributed by atoms with E-state index in [0.29, 0.717) is 5.69 Å². The normalized spacial score (nSPS) is 13.0. The second-order valence-corrected chi connectivity index (χ2v) is 7.72. The van der Waals surface area contributed by atoms with Crippen LogP contribution in [0, 0.1) is 5.92 Å². The van der Waals surface area contributed by atoms with Crippen LogP contribution in [0.3, 0.4) is 0 Å². The Morgan fingerprint density at radius 1 is 1.15 bits per heavy atom. The molecule has 144 valence electrons. The predicted molar refractivity (Wildman–Crippen MR) is 115 cm³/mol. The third-order valence-electron chi connectivity index (χ3n) is 3.45. The van der Waals surface area contributed by atoms with Gasteiger partial charge in [0.1, 0.15) is 12.6 Å². The molecule has 0 bridgehead atoms. The predicted octanol–water partition coefficient (Wildman–Crippen LogP) is 3.31. The number of carbonyl (C=O) groups excluding carboxylic acids is 3. The zero-order chi connectivity index (χ0) is 19.7. The van der Waals surface area contributed by atoms with Crippen molar-refractivity contribution in [2.24, 2.45) is 5.92 Å². The molecule has 1 rings (SSSR count). The molecule has 26 heavy (non-hydrogen) atoms. The van der Waals surface area contributed by atoms with Gasteiger partial charge in [-0.15, -0.1) is 0 Å². The molecule has 2 atom stereocenters. The Morgan fingerprint density at radius 2 is 1.77 bits per heavy atom. The molecule has 1 aromatic rings. The van der Waals surface area contributed by atoms with Crippen molar-refractivity contribution >= 4 is 66.7 Å². The molecule has 0 aromatic heterocycles. The third-order valence-corrected chi connectivity index (χ3v) is 4.44. The molecule has 2 amide bonds. The van der Waals surface area contributed by atoms with Crippen molar-refractivity contribution in [2.45, 2.75) is 39.5 Å². The molecule has 0 heterocycles. The van der Waals surface area contributed by atoms with Gasteiger partial charge in [0, 0.05) is 5.69 Å². The van der Waals surface area contributed by atoms with E-state index in [2.05, 4.69) is 27.0 Å². The Kier molecular flexibility index (Phi) is 10.4. The Balaban J connectivity index is 2.58. The lowest BCUT2D eigenvalue weighted by molar-refractivity contribution is -0.127. The standard InChI is InChI=1S/C16H22IN3O4S2/c1-9(2)13(20-26-25)15(22)18-10(3)14(21)19-12-6-4-11(5-7-12)8-24-16(17)23/h4-7,9-10,13,20,25H,8H2,1-3H3,(H,18,22)(H,19,21)/t10-,13-/m0/s1. The van der Waals surface area contributed by atoms with Crippen molar-refractivity contribution < 1.29 is 19.1 Å². The van der Waals surface area contributed by atoms with E-state index in [1.807, 2.05) is 13.8 Å². The smallest absolute Gasteiger partial charge is 0.367 e. The van der Waals surface area contributed by atoms with Gasteiger partial charge in [-0.1, -0.05) is 37.6 Å². The van der Waals surface area contributed by atoms with Crippen LogP contribution in [0.15, 0.2) is 24.3 Å². The lowest BCUT2D eigenvalue weighted by atomic mass is 10.0. The lowest BCUT2D eigenvalue weighted by Crippen LogP contribution is -2.50. The number of nitrogens with one attached hydrogen (secondary N) is 3. The van der Waals surface area contributed by atoms with Crippen LogP contribution in [-0.2, 0) is 20.9 Å². The van der Waals surface area contributed by atoms with Gasteiger partial charge in [0.25, 0.3) is 0 Å². The Labute approximate surface area is 175 Å². The van der Waals surface area contributed by atoms with Gasteiger partial charge in [-0.2, -0.15) is 0 Å². The second kappa shape index (κ2) is 11.7. The Hall–Kier alpha value is -0.980. The molecule has 3 N–H and O–H groups in total. The molecule has 1 aromatic carbocycles. The Bertz CT molecular complexity index is 628. The fraction of sp³-hybridized carbons (Fsp3) is 0.438. The molecule has 0 fully saturated rings. The second-order valence-electron chi connectivity index (χ2n) is 5.87. The fourth-order valence-corrected chi connectivity index (χ4v) is 2.98. The van der Waals surface area contributed by atoms with E-state index in [9.17, 15) is 14.4 Å². The molecule has 0 unspecified atom stereocenters. The molecule has 0 saturated heterocycles. The zero-order valence-corrected chi connectivity index (χ0v) is 18.5. The van der Waals surface area contributed by atoms with Gasteiger partial charge in [0.2, 0.25) is 11.8 Å². The minimum absolute atomic E-state index is 0.0501. The van der Waals surface area contributed by atoms with Gasteiger partial charge in [-0.05, 0) is 41.5 Å². The van der Waals surface area contributed by atoms with Crippen LogP contribution in [0.25, 0.3) is 0 Å². The molecule has 0 spiro atoms. The first kappa shape index (κ1) is 23.1. The monoisotopic (exact) mass is 511 g/mol. The van der Waals surface area contributed by atoms with Crippen LogP contribution < -0.4 is 15.4 Å². The van der Waals surface area contributed by atoms with Gasteiger partial charge in [0.15, 0.2) is 0 Å². The summed E-state index contributed by atoms with van der Waals surface area (Å²) in [6, 6.07) is 5.77. The van der Waals surface area contributed by atoms with Crippen molar-refractivity contribution in [3.05, 3.63) is 29.8 Å². The minimum Gasteiger partial charge on any atom is -0.453 e. The third kappa shape index (κ3) is 8.14. The van der Waals surface area contributed by atoms with E-state index in [1.54, 1.807) is 53.8 Å². The summed E-state index contributed by atoms with van der Waals surface area (Å²) < 4.78 is 7.42. The quantitative estimate of drug-likeness (QED) is 0.134. The molecular formula is C16H22IN3O4S2. The molecular weight excluding hydrogens is 489 g/mol. The van der Waals surface area contributed by atoms with E-state index in [4.69, 9.17) is 4.74 Å². The van der Waals surface area contributed by atoms with E-state index < -0.39 is 12.1 Å². The summed E-state index contributed by atoms with van der Waals surface area (Å²) in [7, 11) is 1.06. The van der Waals surface area contributed by atoms with Crippen LogP contribution in [0.2, 0.25) is 0 Å². The summed E-state index contributed by atoms with van der Waals surface area (Å²) in [5.41, 5.74) is 1.40. The Morgan fingerprint density at radius 3 is 2.27 bits per heavy atom. The summed E-state index contributed by atoms with van der Waals surface area (Å²) in [4.78, 5) is 35.3. The van der Waals surface area contributed by atoms with E-state index in [-0.39, 0.29) is 28.3 Å². The maximum atomic E-state index is 12.3. The van der Waals surface area contributed by atoms with Crippen molar-refractivity contribution in [2.75, 3.05) is 5.32 Å². The van der Waals surface area contributed by atoms with Crippen molar-refractivity contribution in [1.29, 1.82) is 0 Å². The summed E-state index contributed by atoms with van der Waals surface area (Å²) >= 11 is 5.56. The number of carbonyl (C=O) groups is 3. The molecule has 0 saturated carbocycles. The first-order chi connectivity index (χ1) is 12.2. The number of benzene rings is 1. The van der Waals surface area contributed by atoms with Gasteiger partial charge in [-0.25, -0.2) is 9.52 Å². The van der Waals surface area contributed by atoms with Crippen LogP contribution in [0.4, 0.5) is 10.5 Å². The highest BCUT2D eigenvalue weighted by molar-refractivity contribution is 14.1. The van der Waals surface area contributed by atoms with Gasteiger partial charge in [0.05, 0.1) is 28.6 Å². The highest BCUT2D eigenvalue weighted by Gasteiger charge is 2.25. The fourth-order valence-electron chi connectivity index (χ4n) is 1.99. The topological polar surface area (TPSA) is 96.5 Å². The summed E-state index contributed by atoms with van der Waals surface area (Å²) in [5, 5.41) is 5.43. The molecule has 0 aliphatic carbocycles. The first-order valence-corrected chi connectivity index (χ1v) is 10.8. The molecule has 7 nitrogen and oxygen atoms in total. The number of ether oxygens (including phenoxy) is 1. The number of thiol groups is 1. The van der Waals surface area contributed by atoms with Crippen LogP contribution in [-0.4, -0.2) is 27.9 Å². The maximum Gasteiger partial charge on any atom is 0.367 e. The van der Waals surface area contributed by atoms with Crippen molar-refractivity contribution in [1.82, 2.24) is 10.0 Å². The number of anilines is 1.